The number of aliphatic hydroxyl groups is 9. The van der Waals surface area contributed by atoms with Crippen LogP contribution >= 0.6 is 0 Å². The molecule has 2 fully saturated rings. The lowest BCUT2D eigenvalue weighted by Gasteiger charge is -2.63. The summed E-state index contributed by atoms with van der Waals surface area (Å²) in [6.45, 7) is 1.84. The monoisotopic (exact) mass is 760 g/mol. The van der Waals surface area contributed by atoms with Gasteiger partial charge in [-0.1, -0.05) is 6.07 Å². The number of hydrogen-bond donors (Lipinski definition) is 9. The van der Waals surface area contributed by atoms with Gasteiger partial charge in [0.15, 0.2) is 5.72 Å². The van der Waals surface area contributed by atoms with Crippen LogP contribution < -0.4 is 0 Å². The quantitative estimate of drug-likeness (QED) is 0.152. The highest BCUT2D eigenvalue weighted by Gasteiger charge is 2.79. The van der Waals surface area contributed by atoms with Gasteiger partial charge in [0.2, 0.25) is 5.91 Å². The Balaban J connectivity index is 1.82. The minimum Gasteiger partial charge on any atom is -0.367 e. The lowest BCUT2D eigenvalue weighted by molar-refractivity contribution is -0.604. The largest absolute Gasteiger partial charge is 0.416 e. The summed E-state index contributed by atoms with van der Waals surface area (Å²) in [7, 11) is 0.828. The molecule has 22 heteroatoms. The SMILES string of the molecule is CC(=O)N1C(O)(O)C(O)(O)N(C2CCN(C(=O)N(C)C(C)(O)c3cc(C(F)(F)F)cc(C(F)(F)F)c3)C(c3ccc(F)cc3C)C2)C(O)(O)C1(O)O. The minimum atomic E-state index is -5.32. The Morgan fingerprint density at radius 2 is 1.27 bits per heavy atom. The summed E-state index contributed by atoms with van der Waals surface area (Å²) in [5.74, 6) is -19.9. The molecule has 4 rings (SSSR count). The second-order valence-electron chi connectivity index (χ2n) is 12.8. The fraction of sp³-hybridized carbons (Fsp3) is 0.533. The number of piperidine rings is 1. The van der Waals surface area contributed by atoms with Gasteiger partial charge in [-0.3, -0.25) is 9.69 Å². The second kappa shape index (κ2) is 12.7. The van der Waals surface area contributed by atoms with Gasteiger partial charge in [-0.15, -0.1) is 0 Å². The highest BCUT2D eigenvalue weighted by molar-refractivity contribution is 5.76. The number of carbonyl (C=O) groups excluding carboxylic acids is 2. The Bertz CT molecular complexity index is 1670. The van der Waals surface area contributed by atoms with Crippen LogP contribution in [0, 0.1) is 12.7 Å². The van der Waals surface area contributed by atoms with E-state index in [-0.39, 0.29) is 34.2 Å². The van der Waals surface area contributed by atoms with Crippen LogP contribution in [0.15, 0.2) is 36.4 Å². The average molecular weight is 761 g/mol. The molecular formula is C30H35F7N4O11. The van der Waals surface area contributed by atoms with Gasteiger partial charge in [0, 0.05) is 32.1 Å². The Kier molecular flexibility index (Phi) is 10.0. The number of nitrogens with zero attached hydrogens (tertiary/aromatic N) is 4. The molecule has 2 aliphatic heterocycles. The van der Waals surface area contributed by atoms with Gasteiger partial charge in [0.05, 0.1) is 17.2 Å². The maximum atomic E-state index is 14.2. The number of likely N-dealkylation sites (tertiary alicyclic amines) is 1. The van der Waals surface area contributed by atoms with Crippen molar-refractivity contribution >= 4 is 11.9 Å². The molecule has 0 saturated carbocycles. The Hall–Kier alpha value is -3.71. The van der Waals surface area contributed by atoms with E-state index < -0.39 is 113 Å². The summed E-state index contributed by atoms with van der Waals surface area (Å²) in [6, 6.07) is -1.45. The molecule has 9 N–H and O–H groups in total. The van der Waals surface area contributed by atoms with E-state index >= 15 is 0 Å². The molecule has 15 nitrogen and oxygen atoms in total. The van der Waals surface area contributed by atoms with Crippen molar-refractivity contribution in [1.29, 1.82) is 0 Å². The van der Waals surface area contributed by atoms with E-state index in [9.17, 15) is 86.3 Å². The van der Waals surface area contributed by atoms with Crippen LogP contribution in [0.25, 0.3) is 0 Å². The molecule has 3 atom stereocenters. The third kappa shape index (κ3) is 6.56. The van der Waals surface area contributed by atoms with Crippen LogP contribution in [0.4, 0.5) is 35.5 Å². The van der Waals surface area contributed by atoms with E-state index in [4.69, 9.17) is 0 Å². The highest BCUT2D eigenvalue weighted by Crippen LogP contribution is 2.49. The summed E-state index contributed by atoms with van der Waals surface area (Å²) in [5.41, 5.74) is -7.41. The van der Waals surface area contributed by atoms with E-state index in [1.54, 1.807) is 0 Å². The Morgan fingerprint density at radius 1 is 0.808 bits per heavy atom. The fourth-order valence-electron chi connectivity index (χ4n) is 6.53. The summed E-state index contributed by atoms with van der Waals surface area (Å²) in [6.07, 6.45) is -12.1. The predicted molar refractivity (Wildman–Crippen MR) is 156 cm³/mol. The molecule has 0 aromatic heterocycles. The van der Waals surface area contributed by atoms with E-state index in [0.29, 0.717) is 11.8 Å². The summed E-state index contributed by atoms with van der Waals surface area (Å²) in [4.78, 5) is 26.2. The summed E-state index contributed by atoms with van der Waals surface area (Å²) in [5, 5.41) is 97.5. The molecule has 2 aromatic rings. The molecule has 3 amide bonds. The van der Waals surface area contributed by atoms with Gasteiger partial charge >= 0.3 is 42.0 Å². The molecule has 0 bridgehead atoms. The maximum Gasteiger partial charge on any atom is 0.416 e. The molecule has 2 saturated heterocycles. The third-order valence-electron chi connectivity index (χ3n) is 9.36. The van der Waals surface area contributed by atoms with Gasteiger partial charge in [-0.25, -0.2) is 14.1 Å². The molecule has 0 radical (unpaired) electrons. The molecule has 2 aromatic carbocycles. The molecule has 2 aliphatic rings. The van der Waals surface area contributed by atoms with Crippen molar-refractivity contribution < 1.29 is 86.3 Å². The number of rotatable bonds is 4. The van der Waals surface area contributed by atoms with Gasteiger partial charge in [0.1, 0.15) is 5.82 Å². The fourth-order valence-corrected chi connectivity index (χ4v) is 6.53. The van der Waals surface area contributed by atoms with Crippen LogP contribution in [0.1, 0.15) is 60.5 Å². The van der Waals surface area contributed by atoms with Crippen molar-refractivity contribution in [3.05, 3.63) is 70.0 Å². The first-order chi connectivity index (χ1) is 23.3. The number of aryl methyl sites for hydroxylation is 1. The Morgan fingerprint density at radius 3 is 1.69 bits per heavy atom. The molecule has 3 unspecified atom stereocenters. The number of alkyl halides is 6. The predicted octanol–water partition coefficient (Wildman–Crippen LogP) is 0.312. The number of hydrogen-bond acceptors (Lipinski definition) is 12. The number of piperazine rings is 1. The first-order valence-electron chi connectivity index (χ1n) is 15.0. The van der Waals surface area contributed by atoms with Gasteiger partial charge in [0.25, 0.3) is 0 Å². The van der Waals surface area contributed by atoms with Crippen molar-refractivity contribution in [2.75, 3.05) is 13.6 Å². The van der Waals surface area contributed by atoms with E-state index in [1.807, 2.05) is 0 Å². The standard InChI is InChI=1S/C30H35F7N4O11/c1-14-9-19(31)5-6-21(14)22-13-20(41-29(49,50)27(45,46)40(15(2)42)28(47,48)30(41,51)52)7-8-39(22)23(43)38(4)24(3,44)16-10-17(25(32,33)34)12-18(11-16)26(35,36)37/h5-6,9-12,20,22,44-52H,7-8,13H2,1-4H3. The number of halogens is 7. The van der Waals surface area contributed by atoms with Crippen LogP contribution in [0.3, 0.4) is 0 Å². The third-order valence-corrected chi connectivity index (χ3v) is 9.36. The van der Waals surface area contributed by atoms with Crippen molar-refractivity contribution in [3.8, 4) is 0 Å². The zero-order valence-electron chi connectivity index (χ0n) is 27.5. The van der Waals surface area contributed by atoms with Crippen molar-refractivity contribution in [1.82, 2.24) is 19.6 Å². The van der Waals surface area contributed by atoms with E-state index in [0.717, 1.165) is 37.1 Å². The van der Waals surface area contributed by atoms with Crippen molar-refractivity contribution in [3.63, 3.8) is 0 Å². The number of urea groups is 1. The number of carbonyl (C=O) groups is 2. The van der Waals surface area contributed by atoms with Crippen LogP contribution in [-0.2, 0) is 22.9 Å². The summed E-state index contributed by atoms with van der Waals surface area (Å²) >= 11 is 0. The first kappa shape index (κ1) is 41.1. The van der Waals surface area contributed by atoms with Crippen LogP contribution in [-0.4, -0.2) is 121 Å². The molecule has 290 valence electrons. The summed E-state index contributed by atoms with van der Waals surface area (Å²) < 4.78 is 95.8. The Labute approximate surface area is 289 Å². The van der Waals surface area contributed by atoms with Crippen LogP contribution in [0.5, 0.6) is 0 Å². The second-order valence-corrected chi connectivity index (χ2v) is 12.8. The van der Waals surface area contributed by atoms with Crippen molar-refractivity contribution in [2.24, 2.45) is 0 Å². The zero-order chi connectivity index (χ0) is 39.9. The lowest BCUT2D eigenvalue weighted by atomic mass is 9.87. The molecule has 0 aliphatic carbocycles. The number of amides is 3. The van der Waals surface area contributed by atoms with Crippen LogP contribution in [0.2, 0.25) is 0 Å². The molecule has 2 heterocycles. The van der Waals surface area contributed by atoms with E-state index in [2.05, 4.69) is 0 Å². The molecular weight excluding hydrogens is 725 g/mol. The average Bonchev–Trinajstić information content (AvgIpc) is 2.97. The van der Waals surface area contributed by atoms with Crippen molar-refractivity contribution in [2.45, 2.75) is 87.4 Å². The highest BCUT2D eigenvalue weighted by atomic mass is 19.4. The zero-order valence-corrected chi connectivity index (χ0v) is 27.5. The smallest absolute Gasteiger partial charge is 0.367 e. The number of benzene rings is 2. The van der Waals surface area contributed by atoms with Gasteiger partial charge < -0.3 is 50.9 Å². The maximum absolute atomic E-state index is 14.2. The minimum absolute atomic E-state index is 0.0229. The topological polar surface area (TPSA) is 229 Å². The van der Waals surface area contributed by atoms with Gasteiger partial charge in [-0.2, -0.15) is 31.2 Å². The van der Waals surface area contributed by atoms with E-state index in [1.165, 1.54) is 6.92 Å². The molecule has 0 spiro atoms. The lowest BCUT2D eigenvalue weighted by Crippen LogP contribution is -2.92. The normalized spacial score (nSPS) is 24.3. The first-order valence-corrected chi connectivity index (χ1v) is 15.0. The molecule has 52 heavy (non-hydrogen) atoms. The van der Waals surface area contributed by atoms with Gasteiger partial charge in [-0.05, 0) is 68.1 Å².